The highest BCUT2D eigenvalue weighted by Crippen LogP contribution is 2.37. The van der Waals surface area contributed by atoms with Crippen molar-refractivity contribution in [1.29, 1.82) is 0 Å². The van der Waals surface area contributed by atoms with Crippen molar-refractivity contribution < 1.29 is 18.0 Å². The van der Waals surface area contributed by atoms with Crippen LogP contribution in [0.25, 0.3) is 10.9 Å². The van der Waals surface area contributed by atoms with E-state index in [1.54, 1.807) is 11.1 Å². The molecule has 1 aromatic carbocycles. The van der Waals surface area contributed by atoms with Gasteiger partial charge in [-0.05, 0) is 75.5 Å². The predicted octanol–water partition coefficient (Wildman–Crippen LogP) is 4.92. The Morgan fingerprint density at radius 3 is 2.46 bits per heavy atom. The lowest BCUT2D eigenvalue weighted by molar-refractivity contribution is -0.137. The molecule has 3 aliphatic rings. The Bertz CT molecular complexity index is 1090. The minimum absolute atomic E-state index is 0.0566. The fourth-order valence-corrected chi connectivity index (χ4v) is 5.71. The molecule has 2 saturated carbocycles. The fourth-order valence-electron chi connectivity index (χ4n) is 5.71. The van der Waals surface area contributed by atoms with Gasteiger partial charge in [-0.2, -0.15) is 13.2 Å². The average molecular weight is 488 g/mol. The van der Waals surface area contributed by atoms with Crippen molar-refractivity contribution in [3.8, 4) is 0 Å². The van der Waals surface area contributed by atoms with Crippen LogP contribution in [0.3, 0.4) is 0 Å². The van der Waals surface area contributed by atoms with Gasteiger partial charge >= 0.3 is 6.18 Å². The molecule has 2 aromatic rings. The van der Waals surface area contributed by atoms with Crippen LogP contribution in [0.2, 0.25) is 0 Å². The van der Waals surface area contributed by atoms with E-state index in [9.17, 15) is 18.0 Å². The van der Waals surface area contributed by atoms with Crippen LogP contribution in [0.15, 0.2) is 35.7 Å². The van der Waals surface area contributed by atoms with Gasteiger partial charge in [-0.15, -0.1) is 0 Å². The van der Waals surface area contributed by atoms with Gasteiger partial charge in [0.2, 0.25) is 5.91 Å². The standard InChI is InChI=1S/C26H32F3N5O/c27-26(28,29)20-9-10-23-22(11-20)25(32-16-31-23)30-12-24(35)33-21-14-34(15-21)13-17-5-7-19(8-6-17)18-3-1-2-4-18/h9-11,16-17,21H,1-8,12-15H2,(H,33,35)(H,30,31,32). The van der Waals surface area contributed by atoms with Crippen molar-refractivity contribution in [2.45, 2.75) is 63.6 Å². The first-order valence-corrected chi connectivity index (χ1v) is 12.6. The first-order chi connectivity index (χ1) is 16.8. The summed E-state index contributed by atoms with van der Waals surface area (Å²) in [4.78, 5) is 22.9. The number of likely N-dealkylation sites (tertiary alicyclic amines) is 1. The molecule has 35 heavy (non-hydrogen) atoms. The number of nitrogens with zero attached hydrogens (tertiary/aromatic N) is 3. The van der Waals surface area contributed by atoms with E-state index in [-0.39, 0.29) is 29.7 Å². The molecule has 6 nitrogen and oxygen atoms in total. The van der Waals surface area contributed by atoms with Crippen LogP contribution < -0.4 is 10.6 Å². The number of carbonyl (C=O) groups excluding carboxylic acids is 1. The maximum Gasteiger partial charge on any atom is 0.416 e. The van der Waals surface area contributed by atoms with Gasteiger partial charge in [0.25, 0.3) is 0 Å². The number of aromatic nitrogens is 2. The topological polar surface area (TPSA) is 70.1 Å². The normalized spacial score (nSPS) is 21.9. The SMILES string of the molecule is O=C(CNc1ncnc2ccc(C(F)(F)F)cc12)NC1CN(CC2CCC(=C3CCCC3)CC2)C1. The summed E-state index contributed by atoms with van der Waals surface area (Å²) in [5, 5.41) is 6.12. The smallest absolute Gasteiger partial charge is 0.360 e. The van der Waals surface area contributed by atoms with Crippen LogP contribution in [0, 0.1) is 5.92 Å². The van der Waals surface area contributed by atoms with Crippen LogP contribution in [0.1, 0.15) is 56.9 Å². The van der Waals surface area contributed by atoms with Crippen LogP contribution in [0.4, 0.5) is 19.0 Å². The number of benzene rings is 1. The molecular formula is C26H32F3N5O. The summed E-state index contributed by atoms with van der Waals surface area (Å²) in [6, 6.07) is 3.43. The number of hydrogen-bond acceptors (Lipinski definition) is 5. The third-order valence-corrected chi connectivity index (χ3v) is 7.63. The van der Waals surface area contributed by atoms with Crippen LogP contribution in [-0.4, -0.2) is 53.0 Å². The summed E-state index contributed by atoms with van der Waals surface area (Å²) in [5.41, 5.74) is 3.11. The van der Waals surface area contributed by atoms with Crippen molar-refractivity contribution >= 4 is 22.6 Å². The third-order valence-electron chi connectivity index (χ3n) is 7.63. The van der Waals surface area contributed by atoms with Crippen LogP contribution in [0.5, 0.6) is 0 Å². The minimum atomic E-state index is -4.46. The molecule has 0 bridgehead atoms. The molecule has 2 N–H and O–H groups in total. The van der Waals surface area contributed by atoms with E-state index in [1.807, 2.05) is 0 Å². The Morgan fingerprint density at radius 1 is 1.03 bits per heavy atom. The molecular weight excluding hydrogens is 455 g/mol. The monoisotopic (exact) mass is 487 g/mol. The highest BCUT2D eigenvalue weighted by Gasteiger charge is 2.32. The zero-order valence-electron chi connectivity index (χ0n) is 19.8. The predicted molar refractivity (Wildman–Crippen MR) is 129 cm³/mol. The Kier molecular flexibility index (Phi) is 6.95. The lowest BCUT2D eigenvalue weighted by atomic mass is 9.82. The van der Waals surface area contributed by atoms with Gasteiger partial charge in [0.15, 0.2) is 0 Å². The first kappa shape index (κ1) is 24.0. The maximum absolute atomic E-state index is 13.1. The summed E-state index contributed by atoms with van der Waals surface area (Å²) in [6.45, 7) is 2.74. The van der Waals surface area contributed by atoms with Crippen molar-refractivity contribution in [1.82, 2.24) is 20.2 Å². The molecule has 5 rings (SSSR count). The molecule has 1 aromatic heterocycles. The Morgan fingerprint density at radius 2 is 1.74 bits per heavy atom. The fraction of sp³-hybridized carbons (Fsp3) is 0.577. The van der Waals surface area contributed by atoms with Crippen molar-refractivity contribution in [3.63, 3.8) is 0 Å². The van der Waals surface area contributed by atoms with Crippen molar-refractivity contribution in [2.24, 2.45) is 5.92 Å². The van der Waals surface area contributed by atoms with E-state index in [0.29, 0.717) is 5.52 Å². The largest absolute Gasteiger partial charge is 0.416 e. The Balaban J connectivity index is 1.06. The number of fused-ring (bicyclic) bond motifs is 1. The quantitative estimate of drug-likeness (QED) is 0.566. The molecule has 9 heteroatoms. The second-order valence-corrected chi connectivity index (χ2v) is 10.1. The number of anilines is 1. The summed E-state index contributed by atoms with van der Waals surface area (Å²) >= 11 is 0. The van der Waals surface area contributed by atoms with Crippen LogP contribution >= 0.6 is 0 Å². The number of amides is 1. The summed E-state index contributed by atoms with van der Waals surface area (Å²) in [5.74, 6) is 0.765. The average Bonchev–Trinajstić information content (AvgIpc) is 3.36. The van der Waals surface area contributed by atoms with E-state index >= 15 is 0 Å². The Labute approximate surface area is 203 Å². The second-order valence-electron chi connectivity index (χ2n) is 10.1. The molecule has 0 spiro atoms. The van der Waals surface area contributed by atoms with Gasteiger partial charge in [0, 0.05) is 25.0 Å². The number of rotatable bonds is 6. The number of allylic oxidation sites excluding steroid dienone is 2. The second kappa shape index (κ2) is 10.1. The zero-order valence-corrected chi connectivity index (χ0v) is 19.8. The van der Waals surface area contributed by atoms with E-state index in [2.05, 4.69) is 25.5 Å². The molecule has 1 aliphatic heterocycles. The minimum Gasteiger partial charge on any atom is -0.360 e. The van der Waals surface area contributed by atoms with E-state index in [1.165, 1.54) is 63.8 Å². The van der Waals surface area contributed by atoms with Gasteiger partial charge in [0.05, 0.1) is 23.7 Å². The summed E-state index contributed by atoms with van der Waals surface area (Å²) in [6.07, 6.45) is 7.29. The van der Waals surface area contributed by atoms with Crippen molar-refractivity contribution in [3.05, 3.63) is 41.2 Å². The maximum atomic E-state index is 13.1. The summed E-state index contributed by atoms with van der Waals surface area (Å²) in [7, 11) is 0. The summed E-state index contributed by atoms with van der Waals surface area (Å²) < 4.78 is 39.2. The molecule has 1 amide bonds. The number of nitrogens with one attached hydrogen (secondary N) is 2. The third kappa shape index (κ3) is 5.77. The molecule has 3 fully saturated rings. The van der Waals surface area contributed by atoms with E-state index in [4.69, 9.17) is 0 Å². The van der Waals surface area contributed by atoms with Gasteiger partial charge in [-0.25, -0.2) is 9.97 Å². The van der Waals surface area contributed by atoms with Gasteiger partial charge in [0.1, 0.15) is 12.1 Å². The lowest BCUT2D eigenvalue weighted by Gasteiger charge is -2.42. The number of hydrogen-bond donors (Lipinski definition) is 2. The lowest BCUT2D eigenvalue weighted by Crippen LogP contribution is -2.60. The number of alkyl halides is 3. The van der Waals surface area contributed by atoms with E-state index < -0.39 is 11.7 Å². The number of carbonyl (C=O) groups is 1. The Hall–Kier alpha value is -2.68. The molecule has 2 aliphatic carbocycles. The van der Waals surface area contributed by atoms with Gasteiger partial charge in [-0.3, -0.25) is 9.69 Å². The van der Waals surface area contributed by atoms with Crippen LogP contribution in [-0.2, 0) is 11.0 Å². The van der Waals surface area contributed by atoms with Gasteiger partial charge < -0.3 is 10.6 Å². The first-order valence-electron chi connectivity index (χ1n) is 12.6. The molecule has 0 unspecified atom stereocenters. The molecule has 2 heterocycles. The molecule has 188 valence electrons. The van der Waals surface area contributed by atoms with E-state index in [0.717, 1.165) is 37.7 Å². The van der Waals surface area contributed by atoms with Crippen molar-refractivity contribution in [2.75, 3.05) is 31.5 Å². The highest BCUT2D eigenvalue weighted by molar-refractivity contribution is 5.91. The molecule has 0 radical (unpaired) electrons. The molecule has 0 atom stereocenters. The highest BCUT2D eigenvalue weighted by atomic mass is 19.4. The zero-order chi connectivity index (χ0) is 24.4. The number of halogens is 3. The molecule has 1 saturated heterocycles. The van der Waals surface area contributed by atoms with Gasteiger partial charge in [-0.1, -0.05) is 11.1 Å².